The number of piperidine rings is 1. The third kappa shape index (κ3) is 2.99. The van der Waals surface area contributed by atoms with Crippen molar-refractivity contribution in [3.8, 4) is 0 Å². The number of hydrogen-bond donors (Lipinski definition) is 2. The van der Waals surface area contributed by atoms with Crippen LogP contribution in [0.4, 0.5) is 0 Å². The first kappa shape index (κ1) is 11.0. The van der Waals surface area contributed by atoms with Crippen molar-refractivity contribution in [2.45, 2.75) is 12.8 Å². The van der Waals surface area contributed by atoms with E-state index >= 15 is 0 Å². The molecule has 14 heavy (non-hydrogen) atoms. The Bertz CT molecular complexity index is 224. The van der Waals surface area contributed by atoms with E-state index in [2.05, 4.69) is 5.32 Å². The van der Waals surface area contributed by atoms with Crippen LogP contribution < -0.4 is 5.32 Å². The molecule has 0 radical (unpaired) electrons. The molecular formula is C9H16N2O3. The van der Waals surface area contributed by atoms with Gasteiger partial charge in [0, 0.05) is 13.6 Å². The van der Waals surface area contributed by atoms with Gasteiger partial charge in [0.15, 0.2) is 0 Å². The van der Waals surface area contributed by atoms with E-state index in [1.165, 1.54) is 11.9 Å². The fourth-order valence-electron chi connectivity index (χ4n) is 1.66. The molecule has 0 unspecified atom stereocenters. The Balaban J connectivity index is 2.42. The van der Waals surface area contributed by atoms with Gasteiger partial charge in [-0.2, -0.15) is 0 Å². The minimum absolute atomic E-state index is 0.0481. The van der Waals surface area contributed by atoms with Crippen molar-refractivity contribution < 1.29 is 14.7 Å². The van der Waals surface area contributed by atoms with Gasteiger partial charge in [0.05, 0.1) is 5.92 Å². The standard InChI is InChI=1S/C9H16N2O3/c1-11(6-8(12)13)9(14)7-3-2-4-10-5-7/h7,10H,2-6H2,1H3,(H,12,13)/t7-/m1/s1. The minimum atomic E-state index is -0.968. The highest BCUT2D eigenvalue weighted by molar-refractivity contribution is 5.83. The average molecular weight is 200 g/mol. The van der Waals surface area contributed by atoms with Gasteiger partial charge in [-0.3, -0.25) is 9.59 Å². The van der Waals surface area contributed by atoms with Crippen LogP contribution in [-0.2, 0) is 9.59 Å². The topological polar surface area (TPSA) is 69.6 Å². The van der Waals surface area contributed by atoms with Crippen molar-refractivity contribution in [3.63, 3.8) is 0 Å². The van der Waals surface area contributed by atoms with Crippen molar-refractivity contribution in [1.29, 1.82) is 0 Å². The van der Waals surface area contributed by atoms with Crippen molar-refractivity contribution in [1.82, 2.24) is 10.2 Å². The summed E-state index contributed by atoms with van der Waals surface area (Å²) < 4.78 is 0. The van der Waals surface area contributed by atoms with E-state index in [4.69, 9.17) is 5.11 Å². The molecule has 2 N–H and O–H groups in total. The van der Waals surface area contributed by atoms with Crippen LogP contribution in [0.1, 0.15) is 12.8 Å². The summed E-state index contributed by atoms with van der Waals surface area (Å²) in [6, 6.07) is 0. The second kappa shape index (κ2) is 4.95. The first-order valence-corrected chi connectivity index (χ1v) is 4.78. The Morgan fingerprint density at radius 1 is 1.57 bits per heavy atom. The molecular weight excluding hydrogens is 184 g/mol. The van der Waals surface area contributed by atoms with Crippen LogP contribution in [0.2, 0.25) is 0 Å². The maximum Gasteiger partial charge on any atom is 0.323 e. The monoisotopic (exact) mass is 200 g/mol. The van der Waals surface area contributed by atoms with Gasteiger partial charge in [0.25, 0.3) is 0 Å². The fraction of sp³-hybridized carbons (Fsp3) is 0.778. The van der Waals surface area contributed by atoms with Crippen LogP contribution in [0.25, 0.3) is 0 Å². The molecule has 5 heteroatoms. The highest BCUT2D eigenvalue weighted by Crippen LogP contribution is 2.12. The molecule has 0 saturated carbocycles. The zero-order valence-electron chi connectivity index (χ0n) is 8.32. The summed E-state index contributed by atoms with van der Waals surface area (Å²) in [5.74, 6) is -1.09. The minimum Gasteiger partial charge on any atom is -0.480 e. The second-order valence-electron chi connectivity index (χ2n) is 3.63. The zero-order valence-corrected chi connectivity index (χ0v) is 8.32. The van der Waals surface area contributed by atoms with Crippen LogP contribution in [-0.4, -0.2) is 48.6 Å². The number of hydrogen-bond acceptors (Lipinski definition) is 3. The molecule has 0 aromatic heterocycles. The van der Waals surface area contributed by atoms with Gasteiger partial charge in [-0.1, -0.05) is 0 Å². The van der Waals surface area contributed by atoms with Crippen molar-refractivity contribution in [3.05, 3.63) is 0 Å². The van der Waals surface area contributed by atoms with Gasteiger partial charge >= 0.3 is 5.97 Å². The number of carboxylic acid groups (broad SMARTS) is 1. The van der Waals surface area contributed by atoms with Gasteiger partial charge in [-0.25, -0.2) is 0 Å². The number of carbonyl (C=O) groups is 2. The van der Waals surface area contributed by atoms with Crippen molar-refractivity contribution in [2.75, 3.05) is 26.7 Å². The first-order chi connectivity index (χ1) is 6.61. The zero-order chi connectivity index (χ0) is 10.6. The lowest BCUT2D eigenvalue weighted by Crippen LogP contribution is -2.43. The number of aliphatic carboxylic acids is 1. The molecule has 0 aliphatic carbocycles. The van der Waals surface area contributed by atoms with Crippen LogP contribution in [0.15, 0.2) is 0 Å². The lowest BCUT2D eigenvalue weighted by Gasteiger charge is -2.25. The van der Waals surface area contributed by atoms with E-state index in [9.17, 15) is 9.59 Å². The molecule has 80 valence electrons. The molecule has 0 aromatic carbocycles. The van der Waals surface area contributed by atoms with E-state index in [-0.39, 0.29) is 18.4 Å². The summed E-state index contributed by atoms with van der Waals surface area (Å²) >= 11 is 0. The maximum atomic E-state index is 11.7. The van der Waals surface area contributed by atoms with E-state index in [1.54, 1.807) is 0 Å². The van der Waals surface area contributed by atoms with Gasteiger partial charge in [0.2, 0.25) is 5.91 Å². The number of amides is 1. The van der Waals surface area contributed by atoms with E-state index in [0.717, 1.165) is 19.4 Å². The number of likely N-dealkylation sites (N-methyl/N-ethyl adjacent to an activating group) is 1. The van der Waals surface area contributed by atoms with Gasteiger partial charge in [0.1, 0.15) is 6.54 Å². The van der Waals surface area contributed by atoms with Crippen LogP contribution in [0, 0.1) is 5.92 Å². The summed E-state index contributed by atoms with van der Waals surface area (Å²) in [7, 11) is 1.53. The van der Waals surface area contributed by atoms with Gasteiger partial charge in [-0.15, -0.1) is 0 Å². The molecule has 1 saturated heterocycles. The van der Waals surface area contributed by atoms with Crippen molar-refractivity contribution >= 4 is 11.9 Å². The Kier molecular flexibility index (Phi) is 3.88. The van der Waals surface area contributed by atoms with Gasteiger partial charge in [-0.05, 0) is 19.4 Å². The smallest absolute Gasteiger partial charge is 0.323 e. The summed E-state index contributed by atoms with van der Waals surface area (Å²) in [5, 5.41) is 11.7. The normalized spacial score (nSPS) is 21.6. The van der Waals surface area contributed by atoms with E-state index in [0.29, 0.717) is 6.54 Å². The maximum absolute atomic E-state index is 11.7. The van der Waals surface area contributed by atoms with Crippen LogP contribution in [0.5, 0.6) is 0 Å². The van der Waals surface area contributed by atoms with E-state index in [1.807, 2.05) is 0 Å². The summed E-state index contributed by atoms with van der Waals surface area (Å²) in [5.41, 5.74) is 0. The Labute approximate surface area is 83.1 Å². The predicted octanol–water partition coefficient (Wildman–Crippen LogP) is -0.471. The van der Waals surface area contributed by atoms with Crippen LogP contribution in [0.3, 0.4) is 0 Å². The molecule has 1 aliphatic heterocycles. The first-order valence-electron chi connectivity index (χ1n) is 4.78. The third-order valence-electron chi connectivity index (χ3n) is 2.39. The Morgan fingerprint density at radius 2 is 2.29 bits per heavy atom. The van der Waals surface area contributed by atoms with Gasteiger partial charge < -0.3 is 15.3 Å². The molecule has 5 nitrogen and oxygen atoms in total. The number of carbonyl (C=O) groups excluding carboxylic acids is 1. The third-order valence-corrected chi connectivity index (χ3v) is 2.39. The van der Waals surface area contributed by atoms with E-state index < -0.39 is 5.97 Å². The average Bonchev–Trinajstić information content (AvgIpc) is 2.17. The lowest BCUT2D eigenvalue weighted by molar-refractivity contribution is -0.145. The molecule has 1 heterocycles. The Morgan fingerprint density at radius 3 is 2.79 bits per heavy atom. The molecule has 0 spiro atoms. The number of nitrogens with zero attached hydrogens (tertiary/aromatic N) is 1. The highest BCUT2D eigenvalue weighted by Gasteiger charge is 2.24. The molecule has 1 amide bonds. The largest absolute Gasteiger partial charge is 0.480 e. The molecule has 0 bridgehead atoms. The highest BCUT2D eigenvalue weighted by atomic mass is 16.4. The quantitative estimate of drug-likeness (QED) is 0.646. The lowest BCUT2D eigenvalue weighted by atomic mass is 9.98. The molecule has 0 aromatic rings. The molecule has 1 rings (SSSR count). The van der Waals surface area contributed by atoms with Crippen LogP contribution >= 0.6 is 0 Å². The number of nitrogens with one attached hydrogen (secondary N) is 1. The Hall–Kier alpha value is -1.10. The molecule has 1 fully saturated rings. The molecule has 1 atom stereocenters. The summed E-state index contributed by atoms with van der Waals surface area (Å²) in [6.45, 7) is 1.41. The predicted molar refractivity (Wildman–Crippen MR) is 50.9 cm³/mol. The number of carboxylic acids is 1. The van der Waals surface area contributed by atoms with Crippen molar-refractivity contribution in [2.24, 2.45) is 5.92 Å². The second-order valence-corrected chi connectivity index (χ2v) is 3.63. The number of rotatable bonds is 3. The molecule has 1 aliphatic rings. The SMILES string of the molecule is CN(CC(=O)O)C(=O)[C@@H]1CCCNC1. The fourth-order valence-corrected chi connectivity index (χ4v) is 1.66. The summed E-state index contributed by atoms with van der Waals surface area (Å²) in [6.07, 6.45) is 1.84. The summed E-state index contributed by atoms with van der Waals surface area (Å²) in [4.78, 5) is 23.3.